The Kier molecular flexibility index (Phi) is 4.32. The molecule has 1 heterocycles. The molecule has 0 spiro atoms. The lowest BCUT2D eigenvalue weighted by molar-refractivity contribution is -0.183. The van der Waals surface area contributed by atoms with Crippen LogP contribution in [0.25, 0.3) is 0 Å². The number of carbonyl (C=O) groups excluding carboxylic acids is 1. The van der Waals surface area contributed by atoms with Gasteiger partial charge in [-0.1, -0.05) is 0 Å². The number of carboxylic acids is 1. The van der Waals surface area contributed by atoms with E-state index in [-0.39, 0.29) is 12.5 Å². The average molecular weight is 295 g/mol. The van der Waals surface area contributed by atoms with Crippen LogP contribution in [-0.2, 0) is 20.9 Å². The van der Waals surface area contributed by atoms with E-state index < -0.39 is 18.1 Å². The van der Waals surface area contributed by atoms with Crippen molar-refractivity contribution in [3.8, 4) is 11.5 Å². The second-order valence-corrected chi connectivity index (χ2v) is 4.58. The van der Waals surface area contributed by atoms with Crippen molar-refractivity contribution < 1.29 is 28.9 Å². The van der Waals surface area contributed by atoms with Gasteiger partial charge in [-0.2, -0.15) is 0 Å². The van der Waals surface area contributed by atoms with Crippen LogP contribution < -0.4 is 9.47 Å². The van der Waals surface area contributed by atoms with Crippen LogP contribution in [0.4, 0.5) is 0 Å². The number of carbonyl (C=O) groups is 2. The molecule has 0 unspecified atom stereocenters. The fourth-order valence-electron chi connectivity index (χ4n) is 2.35. The number of benzene rings is 1. The Morgan fingerprint density at radius 3 is 2.52 bits per heavy atom. The van der Waals surface area contributed by atoms with Crippen molar-refractivity contribution in [3.63, 3.8) is 0 Å². The molecule has 0 bridgehead atoms. The normalized spacial score (nSPS) is 20.9. The van der Waals surface area contributed by atoms with Crippen LogP contribution in [0.3, 0.4) is 0 Å². The van der Waals surface area contributed by atoms with Crippen LogP contribution in [0, 0.1) is 0 Å². The summed E-state index contributed by atoms with van der Waals surface area (Å²) in [7, 11) is 4.36. The fraction of sp³-hybridized carbons (Fsp3) is 0.429. The molecule has 2 rings (SSSR count). The quantitative estimate of drug-likeness (QED) is 0.770. The predicted octanol–water partition coefficient (Wildman–Crippen LogP) is 0.514. The lowest BCUT2D eigenvalue weighted by atomic mass is 9.96. The molecular formula is C14H17NO6. The summed E-state index contributed by atoms with van der Waals surface area (Å²) in [6.45, 7) is 0.142. The molecule has 21 heavy (non-hydrogen) atoms. The summed E-state index contributed by atoms with van der Waals surface area (Å²) >= 11 is 0. The number of amides is 1. The minimum atomic E-state index is -1.09. The van der Waals surface area contributed by atoms with E-state index in [9.17, 15) is 14.7 Å². The van der Waals surface area contributed by atoms with E-state index in [1.807, 2.05) is 0 Å². The third-order valence-corrected chi connectivity index (χ3v) is 3.49. The monoisotopic (exact) mass is 295 g/mol. The Morgan fingerprint density at radius 2 is 2.00 bits per heavy atom. The van der Waals surface area contributed by atoms with Gasteiger partial charge in [-0.3, -0.25) is 4.79 Å². The van der Waals surface area contributed by atoms with E-state index in [0.29, 0.717) is 17.1 Å². The molecule has 1 aliphatic rings. The minimum absolute atomic E-state index is 0.142. The summed E-state index contributed by atoms with van der Waals surface area (Å²) in [5.74, 6) is -0.279. The van der Waals surface area contributed by atoms with Crippen LogP contribution in [0.2, 0.25) is 0 Å². The highest BCUT2D eigenvalue weighted by Gasteiger charge is 2.52. The van der Waals surface area contributed by atoms with Gasteiger partial charge in [0.2, 0.25) is 0 Å². The van der Waals surface area contributed by atoms with Crippen LogP contribution >= 0.6 is 0 Å². The van der Waals surface area contributed by atoms with Gasteiger partial charge in [-0.25, -0.2) is 4.79 Å². The molecular weight excluding hydrogens is 278 g/mol. The van der Waals surface area contributed by atoms with Crippen molar-refractivity contribution in [3.05, 3.63) is 23.8 Å². The molecule has 1 saturated heterocycles. The zero-order valence-electron chi connectivity index (χ0n) is 12.0. The maximum atomic E-state index is 11.9. The first kappa shape index (κ1) is 15.1. The SMILES string of the molecule is COc1ccc(CN2C(=O)[C@@H](OC)[C@@H]2C(=O)O)c(OC)c1. The second-order valence-electron chi connectivity index (χ2n) is 4.58. The van der Waals surface area contributed by atoms with Crippen molar-refractivity contribution in [1.82, 2.24) is 4.90 Å². The first-order valence-corrected chi connectivity index (χ1v) is 6.30. The summed E-state index contributed by atoms with van der Waals surface area (Å²) in [6.07, 6.45) is -0.924. The number of β-lactam (4-membered cyclic amide) rings is 1. The number of hydrogen-bond acceptors (Lipinski definition) is 5. The number of likely N-dealkylation sites (tertiary alicyclic amines) is 1. The first-order chi connectivity index (χ1) is 10.0. The number of nitrogens with zero attached hydrogens (tertiary/aromatic N) is 1. The third kappa shape index (κ3) is 2.64. The maximum absolute atomic E-state index is 11.9. The maximum Gasteiger partial charge on any atom is 0.329 e. The van der Waals surface area contributed by atoms with Gasteiger partial charge >= 0.3 is 5.97 Å². The molecule has 1 amide bonds. The second kappa shape index (κ2) is 6.01. The average Bonchev–Trinajstić information content (AvgIpc) is 2.49. The zero-order valence-corrected chi connectivity index (χ0v) is 12.0. The Morgan fingerprint density at radius 1 is 1.29 bits per heavy atom. The molecule has 2 atom stereocenters. The van der Waals surface area contributed by atoms with Crippen molar-refractivity contribution in [1.29, 1.82) is 0 Å². The smallest absolute Gasteiger partial charge is 0.329 e. The van der Waals surface area contributed by atoms with Gasteiger partial charge in [0.15, 0.2) is 12.1 Å². The fourth-order valence-corrected chi connectivity index (χ4v) is 2.35. The van der Waals surface area contributed by atoms with Gasteiger partial charge in [-0.15, -0.1) is 0 Å². The van der Waals surface area contributed by atoms with E-state index in [4.69, 9.17) is 14.2 Å². The van der Waals surface area contributed by atoms with Crippen LogP contribution in [-0.4, -0.2) is 55.4 Å². The molecule has 7 nitrogen and oxygen atoms in total. The number of aliphatic carboxylic acids is 1. The van der Waals surface area contributed by atoms with Crippen LogP contribution in [0.1, 0.15) is 5.56 Å². The largest absolute Gasteiger partial charge is 0.497 e. The molecule has 114 valence electrons. The van der Waals surface area contributed by atoms with Crippen LogP contribution in [0.5, 0.6) is 11.5 Å². The number of carboxylic acid groups (broad SMARTS) is 1. The highest BCUT2D eigenvalue weighted by atomic mass is 16.5. The van der Waals surface area contributed by atoms with Crippen molar-refractivity contribution in [2.45, 2.75) is 18.7 Å². The molecule has 0 radical (unpaired) electrons. The van der Waals surface area contributed by atoms with Crippen molar-refractivity contribution in [2.75, 3.05) is 21.3 Å². The van der Waals surface area contributed by atoms with Crippen molar-refractivity contribution >= 4 is 11.9 Å². The summed E-state index contributed by atoms with van der Waals surface area (Å²) in [5.41, 5.74) is 0.701. The van der Waals surface area contributed by atoms with Crippen molar-refractivity contribution in [2.24, 2.45) is 0 Å². The van der Waals surface area contributed by atoms with Gasteiger partial charge in [0, 0.05) is 18.7 Å². The van der Waals surface area contributed by atoms with Gasteiger partial charge in [-0.05, 0) is 12.1 Å². The zero-order chi connectivity index (χ0) is 15.6. The van der Waals surface area contributed by atoms with Gasteiger partial charge in [0.25, 0.3) is 5.91 Å². The van der Waals surface area contributed by atoms with E-state index in [2.05, 4.69) is 0 Å². The number of ether oxygens (including phenoxy) is 3. The number of hydrogen-bond donors (Lipinski definition) is 1. The van der Waals surface area contributed by atoms with E-state index in [1.54, 1.807) is 18.2 Å². The lowest BCUT2D eigenvalue weighted by Gasteiger charge is -2.43. The third-order valence-electron chi connectivity index (χ3n) is 3.49. The molecule has 0 saturated carbocycles. The summed E-state index contributed by atoms with van der Waals surface area (Å²) < 4.78 is 15.3. The molecule has 1 aliphatic heterocycles. The highest BCUT2D eigenvalue weighted by molar-refractivity contribution is 5.98. The summed E-state index contributed by atoms with van der Waals surface area (Å²) in [5, 5.41) is 9.18. The van der Waals surface area contributed by atoms with E-state index in [1.165, 1.54) is 26.2 Å². The number of rotatable bonds is 6. The molecule has 1 aromatic rings. The summed E-state index contributed by atoms with van der Waals surface area (Å²) in [6, 6.07) is 4.17. The predicted molar refractivity (Wildman–Crippen MR) is 72.3 cm³/mol. The van der Waals surface area contributed by atoms with E-state index >= 15 is 0 Å². The molecule has 7 heteroatoms. The molecule has 1 fully saturated rings. The van der Waals surface area contributed by atoms with Gasteiger partial charge < -0.3 is 24.2 Å². The minimum Gasteiger partial charge on any atom is -0.497 e. The topological polar surface area (TPSA) is 85.3 Å². The lowest BCUT2D eigenvalue weighted by Crippen LogP contribution is -2.67. The molecule has 0 aliphatic carbocycles. The summed E-state index contributed by atoms with van der Waals surface area (Å²) in [4.78, 5) is 24.4. The number of methoxy groups -OCH3 is 3. The molecule has 1 aromatic carbocycles. The first-order valence-electron chi connectivity index (χ1n) is 6.30. The van der Waals surface area contributed by atoms with Gasteiger partial charge in [0.1, 0.15) is 11.5 Å². The Hall–Kier alpha value is -2.28. The highest BCUT2D eigenvalue weighted by Crippen LogP contribution is 2.30. The van der Waals surface area contributed by atoms with Crippen LogP contribution in [0.15, 0.2) is 18.2 Å². The molecule has 1 N–H and O–H groups in total. The Balaban J connectivity index is 2.21. The Bertz CT molecular complexity index is 558. The molecule has 0 aromatic heterocycles. The van der Waals surface area contributed by atoms with E-state index in [0.717, 1.165) is 0 Å². The Labute approximate surface area is 122 Å². The van der Waals surface area contributed by atoms with Gasteiger partial charge in [0.05, 0.1) is 20.8 Å². The standard InChI is InChI=1S/C14H17NO6/c1-19-9-5-4-8(10(6-9)20-2)7-15-11(14(17)18)12(21-3)13(15)16/h4-6,11-12H,7H2,1-3H3,(H,17,18)/t11-,12+/m1/s1.